The maximum Gasteiger partial charge on any atom is 0.310 e. The predicted octanol–water partition coefficient (Wildman–Crippen LogP) is 5.96. The van der Waals surface area contributed by atoms with E-state index in [4.69, 9.17) is 16.3 Å². The van der Waals surface area contributed by atoms with Gasteiger partial charge < -0.3 is 4.74 Å². The molecule has 0 saturated carbocycles. The van der Waals surface area contributed by atoms with Gasteiger partial charge in [0.25, 0.3) is 5.91 Å². The number of halogens is 1. The molecule has 1 heterocycles. The van der Waals surface area contributed by atoms with Crippen molar-refractivity contribution in [3.8, 4) is 0 Å². The summed E-state index contributed by atoms with van der Waals surface area (Å²) in [5.74, 6) is -0.839. The van der Waals surface area contributed by atoms with E-state index in [0.717, 1.165) is 33.2 Å². The zero-order valence-electron chi connectivity index (χ0n) is 18.9. The molecule has 1 atom stereocenters. The Labute approximate surface area is 208 Å². The molecule has 1 aliphatic rings. The third kappa shape index (κ3) is 5.26. The third-order valence-electron chi connectivity index (χ3n) is 6.05. The van der Waals surface area contributed by atoms with E-state index in [1.54, 1.807) is 24.3 Å². The summed E-state index contributed by atoms with van der Waals surface area (Å²) in [6.45, 7) is -0.371. The summed E-state index contributed by atoms with van der Waals surface area (Å²) in [4.78, 5) is 25.5. The molecule has 4 aromatic carbocycles. The summed E-state index contributed by atoms with van der Waals surface area (Å²) < 4.78 is 5.30. The van der Waals surface area contributed by atoms with Gasteiger partial charge in [-0.3, -0.25) is 9.59 Å². The highest BCUT2D eigenvalue weighted by atomic mass is 35.5. The highest BCUT2D eigenvalue weighted by Crippen LogP contribution is 2.33. The molecule has 0 spiro atoms. The van der Waals surface area contributed by atoms with Gasteiger partial charge >= 0.3 is 5.97 Å². The fourth-order valence-corrected chi connectivity index (χ4v) is 4.37. The van der Waals surface area contributed by atoms with Gasteiger partial charge in [-0.15, -0.1) is 0 Å². The zero-order chi connectivity index (χ0) is 24.2. The van der Waals surface area contributed by atoms with E-state index < -0.39 is 5.97 Å². The van der Waals surface area contributed by atoms with E-state index in [9.17, 15) is 9.59 Å². The molecule has 0 aliphatic carbocycles. The molecule has 6 heteroatoms. The topological polar surface area (TPSA) is 59.0 Å². The van der Waals surface area contributed by atoms with Crippen molar-refractivity contribution in [3.63, 3.8) is 0 Å². The minimum atomic E-state index is -0.477. The molecule has 1 amide bonds. The van der Waals surface area contributed by atoms with Gasteiger partial charge in [-0.05, 0) is 45.7 Å². The second-order valence-corrected chi connectivity index (χ2v) is 8.88. The first-order chi connectivity index (χ1) is 17.1. The van der Waals surface area contributed by atoms with Gasteiger partial charge in [-0.2, -0.15) is 5.10 Å². The van der Waals surface area contributed by atoms with Gasteiger partial charge in [-0.25, -0.2) is 5.01 Å². The number of ether oxygens (including phenoxy) is 1. The Kier molecular flexibility index (Phi) is 6.59. The number of rotatable bonds is 6. The van der Waals surface area contributed by atoms with E-state index >= 15 is 0 Å². The molecule has 0 fully saturated rings. The molecule has 35 heavy (non-hydrogen) atoms. The van der Waals surface area contributed by atoms with Crippen LogP contribution in [0.1, 0.15) is 29.2 Å². The Morgan fingerprint density at radius 1 is 0.886 bits per heavy atom. The average molecular weight is 483 g/mol. The standard InChI is InChI=1S/C29H23ClN2O3/c30-25-14-10-20(11-15-25)16-29(34)35-19-28(33)32-27(22-7-2-1-3-8-22)18-26(31-32)24-13-12-21-6-4-5-9-23(21)17-24/h1-15,17,27H,16,18-19H2. The normalized spacial score (nSPS) is 15.2. The Bertz CT molecular complexity index is 1400. The molecule has 1 aliphatic heterocycles. The van der Waals surface area contributed by atoms with Gasteiger partial charge in [0.15, 0.2) is 6.61 Å². The van der Waals surface area contributed by atoms with E-state index in [2.05, 4.69) is 29.4 Å². The van der Waals surface area contributed by atoms with Crippen LogP contribution in [0.4, 0.5) is 0 Å². The van der Waals surface area contributed by atoms with Gasteiger partial charge in [0, 0.05) is 11.4 Å². The number of esters is 1. The van der Waals surface area contributed by atoms with Gasteiger partial charge in [-0.1, -0.05) is 90.5 Å². The molecule has 0 radical (unpaired) electrons. The second kappa shape index (κ2) is 10.1. The molecule has 4 aromatic rings. The molecule has 0 saturated heterocycles. The SMILES string of the molecule is O=C(Cc1ccc(Cl)cc1)OCC(=O)N1N=C(c2ccc3ccccc3c2)CC1c1ccccc1. The highest BCUT2D eigenvalue weighted by Gasteiger charge is 2.33. The van der Waals surface area contributed by atoms with Crippen LogP contribution in [0, 0.1) is 0 Å². The summed E-state index contributed by atoms with van der Waals surface area (Å²) in [6, 6.07) is 30.8. The largest absolute Gasteiger partial charge is 0.455 e. The minimum Gasteiger partial charge on any atom is -0.455 e. The lowest BCUT2D eigenvalue weighted by atomic mass is 9.97. The van der Waals surface area contributed by atoms with E-state index in [0.29, 0.717) is 11.4 Å². The number of carbonyl (C=O) groups is 2. The zero-order valence-corrected chi connectivity index (χ0v) is 19.7. The molecular weight excluding hydrogens is 460 g/mol. The number of hydrogen-bond acceptors (Lipinski definition) is 4. The summed E-state index contributed by atoms with van der Waals surface area (Å²) in [5.41, 5.74) is 3.55. The number of hydrogen-bond donors (Lipinski definition) is 0. The Morgan fingerprint density at radius 2 is 1.60 bits per heavy atom. The minimum absolute atomic E-state index is 0.0676. The summed E-state index contributed by atoms with van der Waals surface area (Å²) in [6.07, 6.45) is 0.644. The van der Waals surface area contributed by atoms with Crippen LogP contribution in [0.5, 0.6) is 0 Å². The van der Waals surface area contributed by atoms with Crippen LogP contribution in [-0.2, 0) is 20.7 Å². The number of benzene rings is 4. The number of amides is 1. The molecule has 0 aromatic heterocycles. The first-order valence-corrected chi connectivity index (χ1v) is 11.8. The van der Waals surface area contributed by atoms with Crippen LogP contribution in [0.25, 0.3) is 10.8 Å². The summed E-state index contributed by atoms with van der Waals surface area (Å²) in [5, 5.41) is 9.00. The van der Waals surface area contributed by atoms with Crippen molar-refractivity contribution < 1.29 is 14.3 Å². The lowest BCUT2D eigenvalue weighted by molar-refractivity contribution is -0.152. The summed E-state index contributed by atoms with van der Waals surface area (Å²) >= 11 is 5.89. The van der Waals surface area contributed by atoms with Crippen LogP contribution < -0.4 is 0 Å². The van der Waals surface area contributed by atoms with Crippen molar-refractivity contribution in [1.82, 2.24) is 5.01 Å². The van der Waals surface area contributed by atoms with Crippen molar-refractivity contribution in [1.29, 1.82) is 0 Å². The maximum absolute atomic E-state index is 13.1. The molecule has 174 valence electrons. The highest BCUT2D eigenvalue weighted by molar-refractivity contribution is 6.30. The van der Waals surface area contributed by atoms with Crippen molar-refractivity contribution >= 4 is 40.0 Å². The fraction of sp³-hybridized carbons (Fsp3) is 0.138. The number of hydrazone groups is 1. The smallest absolute Gasteiger partial charge is 0.310 e. The Morgan fingerprint density at radius 3 is 2.37 bits per heavy atom. The number of carbonyl (C=O) groups excluding carboxylic acids is 2. The van der Waals surface area contributed by atoms with Gasteiger partial charge in [0.1, 0.15) is 0 Å². The monoisotopic (exact) mass is 482 g/mol. The molecule has 5 rings (SSSR count). The van der Waals surface area contributed by atoms with E-state index in [-0.39, 0.29) is 25.0 Å². The quantitative estimate of drug-likeness (QED) is 0.319. The number of fused-ring (bicyclic) bond motifs is 1. The third-order valence-corrected chi connectivity index (χ3v) is 6.30. The molecule has 0 bridgehead atoms. The van der Waals surface area contributed by atoms with Crippen molar-refractivity contribution in [2.45, 2.75) is 18.9 Å². The van der Waals surface area contributed by atoms with Crippen LogP contribution in [0.2, 0.25) is 5.02 Å². The first-order valence-electron chi connectivity index (χ1n) is 11.4. The lowest BCUT2D eigenvalue weighted by Crippen LogP contribution is -2.31. The van der Waals surface area contributed by atoms with Crippen LogP contribution in [-0.4, -0.2) is 29.2 Å². The van der Waals surface area contributed by atoms with E-state index in [1.165, 1.54) is 5.01 Å². The molecule has 0 N–H and O–H groups in total. The van der Waals surface area contributed by atoms with Crippen LogP contribution in [0.3, 0.4) is 0 Å². The first kappa shape index (κ1) is 22.8. The fourth-order valence-electron chi connectivity index (χ4n) is 4.25. The molecular formula is C29H23ClN2O3. The Balaban J connectivity index is 1.34. The van der Waals surface area contributed by atoms with Gasteiger partial charge in [0.05, 0.1) is 18.2 Å². The molecule has 5 nitrogen and oxygen atoms in total. The van der Waals surface area contributed by atoms with Crippen molar-refractivity contribution in [2.24, 2.45) is 5.10 Å². The van der Waals surface area contributed by atoms with Crippen molar-refractivity contribution in [3.05, 3.63) is 119 Å². The lowest BCUT2D eigenvalue weighted by Gasteiger charge is -2.21. The van der Waals surface area contributed by atoms with Crippen LogP contribution in [0.15, 0.2) is 102 Å². The maximum atomic E-state index is 13.1. The Hall–Kier alpha value is -3.96. The van der Waals surface area contributed by atoms with Crippen molar-refractivity contribution in [2.75, 3.05) is 6.61 Å². The predicted molar refractivity (Wildman–Crippen MR) is 137 cm³/mol. The summed E-state index contributed by atoms with van der Waals surface area (Å²) in [7, 11) is 0. The average Bonchev–Trinajstić information content (AvgIpc) is 3.35. The molecule has 1 unspecified atom stereocenters. The van der Waals surface area contributed by atoms with Gasteiger partial charge in [0.2, 0.25) is 0 Å². The number of nitrogens with zero attached hydrogens (tertiary/aromatic N) is 2. The van der Waals surface area contributed by atoms with E-state index in [1.807, 2.05) is 48.5 Å². The second-order valence-electron chi connectivity index (χ2n) is 8.44. The van der Waals surface area contributed by atoms with Crippen LogP contribution >= 0.6 is 11.6 Å².